The van der Waals surface area contributed by atoms with Gasteiger partial charge in [-0.25, -0.2) is 4.98 Å². The van der Waals surface area contributed by atoms with Gasteiger partial charge in [0, 0.05) is 18.6 Å². The monoisotopic (exact) mass is 263 g/mol. The van der Waals surface area contributed by atoms with Crippen molar-refractivity contribution in [1.29, 1.82) is 0 Å². The van der Waals surface area contributed by atoms with Crippen molar-refractivity contribution in [3.8, 4) is 0 Å². The fourth-order valence-electron chi connectivity index (χ4n) is 0.976. The lowest BCUT2D eigenvalue weighted by Crippen LogP contribution is -1.95. The maximum atomic E-state index is 5.02. The number of methoxy groups -OCH3 is 1. The number of aromatic nitrogens is 1. The third kappa shape index (κ3) is 3.04. The molecule has 0 aliphatic heterocycles. The van der Waals surface area contributed by atoms with Gasteiger partial charge in [0.05, 0.1) is 10.5 Å². The van der Waals surface area contributed by atoms with Gasteiger partial charge in [-0.2, -0.15) is 0 Å². The van der Waals surface area contributed by atoms with Gasteiger partial charge in [-0.05, 0) is 20.3 Å². The molecular weight excluding hydrogens is 250 g/mol. The van der Waals surface area contributed by atoms with Gasteiger partial charge >= 0.3 is 0 Å². The van der Waals surface area contributed by atoms with Crippen LogP contribution < -0.4 is 0 Å². The standard InChI is InChI=1S/C9H14BrNOS/c1-6-7(2)13-9(11-6)8(10)4-5-12-3/h8H,4-5H2,1-3H3. The van der Waals surface area contributed by atoms with Gasteiger partial charge in [0.25, 0.3) is 0 Å². The molecule has 1 aromatic heterocycles. The maximum absolute atomic E-state index is 5.02. The first-order valence-corrected chi connectivity index (χ1v) is 5.95. The predicted octanol–water partition coefficient (Wildman–Crippen LogP) is 3.23. The fourth-order valence-corrected chi connectivity index (χ4v) is 2.48. The molecule has 1 unspecified atom stereocenters. The van der Waals surface area contributed by atoms with Crippen molar-refractivity contribution in [2.45, 2.75) is 25.1 Å². The quantitative estimate of drug-likeness (QED) is 0.779. The summed E-state index contributed by atoms with van der Waals surface area (Å²) < 4.78 is 5.02. The molecule has 0 fully saturated rings. The lowest BCUT2D eigenvalue weighted by Gasteiger charge is -2.04. The van der Waals surface area contributed by atoms with Crippen LogP contribution in [0.5, 0.6) is 0 Å². The predicted molar refractivity (Wildman–Crippen MR) is 59.7 cm³/mol. The summed E-state index contributed by atoms with van der Waals surface area (Å²) in [6.45, 7) is 4.92. The maximum Gasteiger partial charge on any atom is 0.107 e. The summed E-state index contributed by atoms with van der Waals surface area (Å²) in [5, 5.41) is 1.16. The van der Waals surface area contributed by atoms with Crippen molar-refractivity contribution < 1.29 is 4.74 Å². The van der Waals surface area contributed by atoms with E-state index in [0.717, 1.165) is 23.7 Å². The number of rotatable bonds is 4. The van der Waals surface area contributed by atoms with Crippen LogP contribution in [-0.4, -0.2) is 18.7 Å². The summed E-state index contributed by atoms with van der Waals surface area (Å²) in [7, 11) is 1.72. The Morgan fingerprint density at radius 2 is 2.23 bits per heavy atom. The van der Waals surface area contributed by atoms with Crippen LogP contribution in [0.3, 0.4) is 0 Å². The van der Waals surface area contributed by atoms with E-state index in [-0.39, 0.29) is 0 Å². The lowest BCUT2D eigenvalue weighted by molar-refractivity contribution is 0.195. The minimum Gasteiger partial charge on any atom is -0.385 e. The highest BCUT2D eigenvalue weighted by Gasteiger charge is 2.12. The molecule has 1 aromatic rings. The Morgan fingerprint density at radius 3 is 2.69 bits per heavy atom. The van der Waals surface area contributed by atoms with E-state index in [9.17, 15) is 0 Å². The van der Waals surface area contributed by atoms with Gasteiger partial charge < -0.3 is 4.74 Å². The van der Waals surface area contributed by atoms with E-state index in [1.165, 1.54) is 4.88 Å². The molecule has 0 bridgehead atoms. The third-order valence-electron chi connectivity index (χ3n) is 1.89. The second kappa shape index (κ2) is 5.08. The number of aryl methyl sites for hydroxylation is 2. The Morgan fingerprint density at radius 1 is 1.54 bits per heavy atom. The topological polar surface area (TPSA) is 22.1 Å². The van der Waals surface area contributed by atoms with Crippen LogP contribution >= 0.6 is 27.3 Å². The Balaban J connectivity index is 2.60. The summed E-state index contributed by atoms with van der Waals surface area (Å²) in [5.74, 6) is 0. The molecule has 0 aliphatic carbocycles. The van der Waals surface area contributed by atoms with Crippen molar-refractivity contribution in [3.63, 3.8) is 0 Å². The van der Waals surface area contributed by atoms with Gasteiger partial charge in [0.2, 0.25) is 0 Å². The molecule has 1 atom stereocenters. The van der Waals surface area contributed by atoms with Crippen molar-refractivity contribution in [2.75, 3.05) is 13.7 Å². The van der Waals surface area contributed by atoms with E-state index in [1.54, 1.807) is 18.4 Å². The number of nitrogens with zero attached hydrogens (tertiary/aromatic N) is 1. The second-order valence-electron chi connectivity index (χ2n) is 2.94. The average Bonchev–Trinajstić information content (AvgIpc) is 2.43. The molecule has 0 radical (unpaired) electrons. The van der Waals surface area contributed by atoms with E-state index < -0.39 is 0 Å². The normalized spacial score (nSPS) is 13.2. The number of ether oxygens (including phenoxy) is 1. The Bertz CT molecular complexity index is 255. The van der Waals surface area contributed by atoms with E-state index in [1.807, 2.05) is 6.92 Å². The van der Waals surface area contributed by atoms with Crippen LogP contribution in [0.25, 0.3) is 0 Å². The molecule has 2 nitrogen and oxygen atoms in total. The van der Waals surface area contributed by atoms with Crippen LogP contribution in [0, 0.1) is 13.8 Å². The first-order chi connectivity index (χ1) is 6.15. The van der Waals surface area contributed by atoms with Crippen LogP contribution in [0.2, 0.25) is 0 Å². The molecule has 4 heteroatoms. The van der Waals surface area contributed by atoms with Crippen LogP contribution in [-0.2, 0) is 4.74 Å². The van der Waals surface area contributed by atoms with Gasteiger partial charge in [0.15, 0.2) is 0 Å². The zero-order valence-electron chi connectivity index (χ0n) is 8.13. The fraction of sp³-hybridized carbons (Fsp3) is 0.667. The summed E-state index contributed by atoms with van der Waals surface area (Å²) >= 11 is 5.36. The highest BCUT2D eigenvalue weighted by Crippen LogP contribution is 2.31. The SMILES string of the molecule is COCCC(Br)c1nc(C)c(C)s1. The van der Waals surface area contributed by atoms with Gasteiger partial charge in [-0.1, -0.05) is 15.9 Å². The molecule has 0 spiro atoms. The van der Waals surface area contributed by atoms with Crippen LogP contribution in [0.1, 0.15) is 26.8 Å². The second-order valence-corrected chi connectivity index (χ2v) is 5.28. The van der Waals surface area contributed by atoms with E-state index >= 15 is 0 Å². The van der Waals surface area contributed by atoms with Crippen molar-refractivity contribution >= 4 is 27.3 Å². The van der Waals surface area contributed by atoms with Gasteiger partial charge in [-0.15, -0.1) is 11.3 Å². The van der Waals surface area contributed by atoms with E-state index in [4.69, 9.17) is 4.74 Å². The molecule has 0 N–H and O–H groups in total. The first-order valence-electron chi connectivity index (χ1n) is 4.22. The zero-order valence-corrected chi connectivity index (χ0v) is 10.5. The molecule has 1 heterocycles. The molecule has 0 aliphatic rings. The summed E-state index contributed by atoms with van der Waals surface area (Å²) in [5.41, 5.74) is 1.14. The third-order valence-corrected chi connectivity index (χ3v) is 4.27. The number of thiazole rings is 1. The largest absolute Gasteiger partial charge is 0.385 e. The average molecular weight is 264 g/mol. The smallest absolute Gasteiger partial charge is 0.107 e. The summed E-state index contributed by atoms with van der Waals surface area (Å²) in [4.78, 5) is 6.12. The highest BCUT2D eigenvalue weighted by atomic mass is 79.9. The minimum atomic E-state index is 0.338. The Labute approximate surface area is 91.5 Å². The molecule has 74 valence electrons. The highest BCUT2D eigenvalue weighted by molar-refractivity contribution is 9.09. The Hall–Kier alpha value is 0.0700. The molecular formula is C9H14BrNOS. The van der Waals surface area contributed by atoms with E-state index in [2.05, 4.69) is 27.8 Å². The Kier molecular flexibility index (Phi) is 4.35. The van der Waals surface area contributed by atoms with Crippen LogP contribution in [0.4, 0.5) is 0 Å². The molecule has 0 saturated carbocycles. The van der Waals surface area contributed by atoms with Crippen LogP contribution in [0.15, 0.2) is 0 Å². The number of halogens is 1. The molecule has 1 rings (SSSR count). The number of hydrogen-bond donors (Lipinski definition) is 0. The van der Waals surface area contributed by atoms with Gasteiger partial charge in [0.1, 0.15) is 5.01 Å². The number of hydrogen-bond acceptors (Lipinski definition) is 3. The minimum absolute atomic E-state index is 0.338. The zero-order chi connectivity index (χ0) is 9.84. The molecule has 0 aromatic carbocycles. The molecule has 13 heavy (non-hydrogen) atoms. The lowest BCUT2D eigenvalue weighted by atomic mass is 10.3. The van der Waals surface area contributed by atoms with Crippen molar-refractivity contribution in [2.24, 2.45) is 0 Å². The van der Waals surface area contributed by atoms with E-state index in [0.29, 0.717) is 4.83 Å². The molecule has 0 saturated heterocycles. The number of alkyl halides is 1. The molecule has 0 amide bonds. The van der Waals surface area contributed by atoms with Crippen molar-refractivity contribution in [3.05, 3.63) is 15.6 Å². The van der Waals surface area contributed by atoms with Gasteiger partial charge in [-0.3, -0.25) is 0 Å². The summed E-state index contributed by atoms with van der Waals surface area (Å²) in [6, 6.07) is 0. The first kappa shape index (κ1) is 11.1. The summed E-state index contributed by atoms with van der Waals surface area (Å²) in [6.07, 6.45) is 0.975. The van der Waals surface area contributed by atoms with Crippen molar-refractivity contribution in [1.82, 2.24) is 4.98 Å².